The van der Waals surface area contributed by atoms with Gasteiger partial charge in [-0.1, -0.05) is 19.3 Å². The highest BCUT2D eigenvalue weighted by molar-refractivity contribution is 5.29. The van der Waals surface area contributed by atoms with E-state index in [1.54, 1.807) is 0 Å². The van der Waals surface area contributed by atoms with Crippen LogP contribution in [0.4, 0.5) is 8.78 Å². The first-order valence-electron chi connectivity index (χ1n) is 5.70. The lowest BCUT2D eigenvalue weighted by Gasteiger charge is -2.30. The monoisotopic (exact) mass is 237 g/mol. The first-order valence-corrected chi connectivity index (χ1v) is 5.70. The van der Waals surface area contributed by atoms with Gasteiger partial charge in [0.1, 0.15) is 0 Å². The number of aromatic nitrogens is 2. The highest BCUT2D eigenvalue weighted by atomic mass is 19.3. The van der Waals surface area contributed by atoms with E-state index in [1.807, 2.05) is 0 Å². The van der Waals surface area contributed by atoms with Gasteiger partial charge in [0.25, 0.3) is 6.43 Å². The largest absolute Gasteiger partial charge is 0.297 e. The van der Waals surface area contributed by atoms with Crippen molar-refractivity contribution in [1.82, 2.24) is 9.97 Å². The van der Waals surface area contributed by atoms with Gasteiger partial charge >= 0.3 is 0 Å². The van der Waals surface area contributed by atoms with Crippen LogP contribution in [-0.4, -0.2) is 9.97 Å². The molecule has 0 aromatic carbocycles. The predicted molar refractivity (Wildman–Crippen MR) is 57.4 cm³/mol. The topological polar surface area (TPSA) is 49.6 Å². The molecule has 1 aliphatic rings. The van der Waals surface area contributed by atoms with E-state index in [9.17, 15) is 14.0 Å². The van der Waals surface area contributed by atoms with Crippen molar-refractivity contribution in [2.45, 2.75) is 43.9 Å². The van der Waals surface area contributed by atoms with E-state index in [0.29, 0.717) is 5.56 Å². The van der Waals surface area contributed by atoms with Crippen LogP contribution in [0.5, 0.6) is 0 Å². The van der Waals surface area contributed by atoms with Crippen molar-refractivity contribution in [3.8, 4) is 6.07 Å². The minimum Gasteiger partial charge on any atom is -0.236 e. The Balaban J connectivity index is 2.29. The van der Waals surface area contributed by atoms with E-state index in [2.05, 4.69) is 16.0 Å². The first kappa shape index (κ1) is 11.9. The molecule has 0 atom stereocenters. The third-order valence-corrected chi connectivity index (χ3v) is 3.34. The molecule has 17 heavy (non-hydrogen) atoms. The summed E-state index contributed by atoms with van der Waals surface area (Å²) in [6, 6.07) is 2.31. The van der Waals surface area contributed by atoms with Crippen molar-refractivity contribution in [2.75, 3.05) is 0 Å². The third-order valence-electron chi connectivity index (χ3n) is 3.34. The Bertz CT molecular complexity index is 416. The van der Waals surface area contributed by atoms with Gasteiger partial charge in [-0.25, -0.2) is 18.7 Å². The van der Waals surface area contributed by atoms with Gasteiger partial charge in [-0.2, -0.15) is 5.26 Å². The Hall–Kier alpha value is -1.57. The second-order valence-electron chi connectivity index (χ2n) is 4.39. The molecule has 0 aliphatic heterocycles. The zero-order chi connectivity index (χ0) is 12.3. The quantitative estimate of drug-likeness (QED) is 0.793. The molecule has 0 bridgehead atoms. The maximum absolute atomic E-state index is 12.3. The molecule has 1 fully saturated rings. The Kier molecular flexibility index (Phi) is 3.32. The van der Waals surface area contributed by atoms with Gasteiger partial charge in [-0.3, -0.25) is 0 Å². The lowest BCUT2D eigenvalue weighted by Crippen LogP contribution is -2.27. The van der Waals surface area contributed by atoms with Crippen molar-refractivity contribution in [3.05, 3.63) is 23.8 Å². The fourth-order valence-corrected chi connectivity index (χ4v) is 2.32. The number of halogens is 2. The van der Waals surface area contributed by atoms with E-state index in [1.165, 1.54) is 12.4 Å². The van der Waals surface area contributed by atoms with Crippen LogP contribution in [0.25, 0.3) is 0 Å². The van der Waals surface area contributed by atoms with Gasteiger partial charge in [0.05, 0.1) is 11.5 Å². The molecule has 0 spiro atoms. The summed E-state index contributed by atoms with van der Waals surface area (Å²) >= 11 is 0. The van der Waals surface area contributed by atoms with Gasteiger partial charge < -0.3 is 0 Å². The predicted octanol–water partition coefficient (Wildman–Crippen LogP) is 3.14. The number of alkyl halides is 2. The maximum atomic E-state index is 12.3. The smallest absolute Gasteiger partial charge is 0.236 e. The van der Waals surface area contributed by atoms with Crippen molar-refractivity contribution in [3.63, 3.8) is 0 Å². The fraction of sp³-hybridized carbons (Fsp3) is 0.583. The maximum Gasteiger partial charge on any atom is 0.297 e. The molecule has 0 N–H and O–H groups in total. The molecule has 5 heteroatoms. The number of rotatable bonds is 2. The van der Waals surface area contributed by atoms with Crippen molar-refractivity contribution >= 4 is 0 Å². The highest BCUT2D eigenvalue weighted by Gasteiger charge is 2.34. The zero-order valence-electron chi connectivity index (χ0n) is 9.37. The molecule has 90 valence electrons. The molecule has 3 nitrogen and oxygen atoms in total. The lowest BCUT2D eigenvalue weighted by atomic mass is 9.71. The summed E-state index contributed by atoms with van der Waals surface area (Å²) in [4.78, 5) is 7.27. The second kappa shape index (κ2) is 4.74. The average Bonchev–Trinajstić information content (AvgIpc) is 2.39. The molecule has 1 aliphatic carbocycles. The molecule has 1 aromatic rings. The van der Waals surface area contributed by atoms with E-state index in [0.717, 1.165) is 32.1 Å². The van der Waals surface area contributed by atoms with E-state index < -0.39 is 17.7 Å². The molecule has 1 heterocycles. The Labute approximate surface area is 98.5 Å². The summed E-state index contributed by atoms with van der Waals surface area (Å²) in [6.07, 6.45) is 4.73. The van der Waals surface area contributed by atoms with Crippen LogP contribution < -0.4 is 0 Å². The summed E-state index contributed by atoms with van der Waals surface area (Å²) in [5.41, 5.74) is 0.0999. The third kappa shape index (κ3) is 2.26. The number of nitrogens with zero attached hydrogens (tertiary/aromatic N) is 3. The Morgan fingerprint density at radius 1 is 1.18 bits per heavy atom. The van der Waals surface area contributed by atoms with Crippen LogP contribution in [0.1, 0.15) is 49.9 Å². The molecule has 1 aromatic heterocycles. The first-order chi connectivity index (χ1) is 8.18. The summed E-state index contributed by atoms with van der Waals surface area (Å²) in [7, 11) is 0. The van der Waals surface area contributed by atoms with Gasteiger partial charge in [-0.05, 0) is 12.8 Å². The lowest BCUT2D eigenvalue weighted by molar-refractivity contribution is 0.140. The molecule has 2 rings (SSSR count). The van der Waals surface area contributed by atoms with Crippen molar-refractivity contribution in [2.24, 2.45) is 0 Å². The zero-order valence-corrected chi connectivity index (χ0v) is 9.37. The van der Waals surface area contributed by atoms with Crippen LogP contribution in [0.3, 0.4) is 0 Å². The Morgan fingerprint density at radius 3 is 2.24 bits per heavy atom. The molecule has 0 amide bonds. The SMILES string of the molecule is N#CC1(c2cnc(C(F)F)nc2)CCCCC1. The average molecular weight is 237 g/mol. The molecule has 1 saturated carbocycles. The number of hydrogen-bond acceptors (Lipinski definition) is 3. The summed E-state index contributed by atoms with van der Waals surface area (Å²) in [5.74, 6) is -0.474. The number of hydrogen-bond donors (Lipinski definition) is 0. The molecule has 0 saturated heterocycles. The van der Waals surface area contributed by atoms with Gasteiger partial charge in [0.15, 0.2) is 5.82 Å². The van der Waals surface area contributed by atoms with Crippen LogP contribution in [0.2, 0.25) is 0 Å². The fourth-order valence-electron chi connectivity index (χ4n) is 2.32. The standard InChI is InChI=1S/C12H13F2N3/c13-10(14)11-16-6-9(7-17-11)12(8-15)4-2-1-3-5-12/h6-7,10H,1-5H2. The normalized spacial score (nSPS) is 18.9. The molecule has 0 unspecified atom stereocenters. The van der Waals surface area contributed by atoms with E-state index >= 15 is 0 Å². The Morgan fingerprint density at radius 2 is 1.76 bits per heavy atom. The van der Waals surface area contributed by atoms with Gasteiger partial charge in [0.2, 0.25) is 0 Å². The summed E-state index contributed by atoms with van der Waals surface area (Å²) < 4.78 is 24.7. The van der Waals surface area contributed by atoms with Crippen molar-refractivity contribution < 1.29 is 8.78 Å². The molecular formula is C12H13F2N3. The summed E-state index contributed by atoms with van der Waals surface area (Å²) in [6.45, 7) is 0. The minimum absolute atomic E-state index is 0.474. The molecule has 0 radical (unpaired) electrons. The summed E-state index contributed by atoms with van der Waals surface area (Å²) in [5, 5.41) is 9.32. The second-order valence-corrected chi connectivity index (χ2v) is 4.39. The van der Waals surface area contributed by atoms with Gasteiger partial charge in [-0.15, -0.1) is 0 Å². The van der Waals surface area contributed by atoms with Crippen LogP contribution in [-0.2, 0) is 5.41 Å². The molecular weight excluding hydrogens is 224 g/mol. The van der Waals surface area contributed by atoms with Crippen molar-refractivity contribution in [1.29, 1.82) is 5.26 Å². The van der Waals surface area contributed by atoms with Gasteiger partial charge in [0, 0.05) is 18.0 Å². The highest BCUT2D eigenvalue weighted by Crippen LogP contribution is 2.38. The van der Waals surface area contributed by atoms with Crippen LogP contribution in [0, 0.1) is 11.3 Å². The van der Waals surface area contributed by atoms with Crippen LogP contribution in [0.15, 0.2) is 12.4 Å². The minimum atomic E-state index is -2.66. The van der Waals surface area contributed by atoms with E-state index in [4.69, 9.17) is 0 Å². The van der Waals surface area contributed by atoms with Crippen LogP contribution >= 0.6 is 0 Å². The number of nitriles is 1. The van der Waals surface area contributed by atoms with E-state index in [-0.39, 0.29) is 0 Å².